The molecule has 0 bridgehead atoms. The van der Waals surface area contributed by atoms with Gasteiger partial charge < -0.3 is 7.59 Å². The zero-order chi connectivity index (χ0) is 6.57. The van der Waals surface area contributed by atoms with Gasteiger partial charge in [-0.3, -0.25) is 9.59 Å². The van der Waals surface area contributed by atoms with Crippen molar-refractivity contribution in [1.82, 2.24) is 0 Å². The summed E-state index contributed by atoms with van der Waals surface area (Å²) in [5, 5.41) is 0. The van der Waals surface area contributed by atoms with Gasteiger partial charge in [-0.05, 0) is 6.92 Å². The summed E-state index contributed by atoms with van der Waals surface area (Å²) in [5.74, 6) is -0.644. The van der Waals surface area contributed by atoms with Crippen LogP contribution in [0.5, 0.6) is 0 Å². The van der Waals surface area contributed by atoms with Crippen LogP contribution in [-0.2, 0) is 14.3 Å². The average molecular weight is 158 g/mol. The Morgan fingerprint density at radius 1 is 1.56 bits per heavy atom. The molecular weight excluding hydrogens is 148 g/mol. The summed E-state index contributed by atoms with van der Waals surface area (Å²) in [5.41, 5.74) is 0. The molecule has 0 unspecified atom stereocenters. The number of methoxy groups -OCH3 is 1. The van der Waals surface area contributed by atoms with Gasteiger partial charge in [0.2, 0.25) is 0 Å². The Hall–Kier alpha value is 0.400. The third kappa shape index (κ3) is 8.40. The number of hydrogen-bond donors (Lipinski definition) is 0. The zero-order valence-corrected chi connectivity index (χ0v) is 7.85. The Bertz CT molecular complexity index is 118. The molecule has 0 atom stereocenters. The SMILES string of the molecule is COC(=O)CC(C)=O.[Ca+2].[H-].[H-]. The van der Waals surface area contributed by atoms with Gasteiger partial charge >= 0.3 is 43.7 Å². The third-order valence-corrected chi connectivity index (χ3v) is 0.621. The van der Waals surface area contributed by atoms with Crippen molar-refractivity contribution in [2.45, 2.75) is 13.3 Å². The fraction of sp³-hybridized carbons (Fsp3) is 0.600. The number of esters is 1. The van der Waals surface area contributed by atoms with E-state index >= 15 is 0 Å². The van der Waals surface area contributed by atoms with Crippen molar-refractivity contribution in [1.29, 1.82) is 0 Å². The Labute approximate surface area is 86.7 Å². The topological polar surface area (TPSA) is 43.4 Å². The summed E-state index contributed by atoms with van der Waals surface area (Å²) in [6.07, 6.45) is -0.115. The Morgan fingerprint density at radius 2 is 2.00 bits per heavy atom. The van der Waals surface area contributed by atoms with Gasteiger partial charge in [0.1, 0.15) is 12.2 Å². The van der Waals surface area contributed by atoms with Crippen molar-refractivity contribution in [2.24, 2.45) is 0 Å². The van der Waals surface area contributed by atoms with Gasteiger partial charge in [0, 0.05) is 0 Å². The molecule has 50 valence electrons. The number of rotatable bonds is 2. The Kier molecular flexibility index (Phi) is 8.77. The minimum absolute atomic E-state index is 0. The second-order valence-electron chi connectivity index (χ2n) is 1.45. The first-order valence-corrected chi connectivity index (χ1v) is 2.23. The molecule has 0 saturated heterocycles. The summed E-state index contributed by atoms with van der Waals surface area (Å²) >= 11 is 0. The minimum atomic E-state index is -0.475. The molecular formula is C5H10CaO3. The van der Waals surface area contributed by atoms with Crippen molar-refractivity contribution in [3.05, 3.63) is 0 Å². The van der Waals surface area contributed by atoms with E-state index < -0.39 is 5.97 Å². The molecule has 0 radical (unpaired) electrons. The molecule has 4 heteroatoms. The van der Waals surface area contributed by atoms with Gasteiger partial charge in [0.25, 0.3) is 0 Å². The zero-order valence-electron chi connectivity index (χ0n) is 7.64. The first kappa shape index (κ1) is 12.1. The summed E-state index contributed by atoms with van der Waals surface area (Å²) in [6.45, 7) is 1.34. The summed E-state index contributed by atoms with van der Waals surface area (Å²) in [4.78, 5) is 20.3. The van der Waals surface area contributed by atoms with Gasteiger partial charge in [-0.1, -0.05) is 0 Å². The smallest absolute Gasteiger partial charge is 1.00 e. The number of carbonyl (C=O) groups is 2. The van der Waals surface area contributed by atoms with Crippen LogP contribution in [0.3, 0.4) is 0 Å². The quantitative estimate of drug-likeness (QED) is 0.322. The largest absolute Gasteiger partial charge is 2.00 e. The maximum atomic E-state index is 10.2. The number of ketones is 1. The van der Waals surface area contributed by atoms with E-state index in [1.54, 1.807) is 0 Å². The van der Waals surface area contributed by atoms with Crippen molar-refractivity contribution in [3.63, 3.8) is 0 Å². The van der Waals surface area contributed by atoms with Crippen molar-refractivity contribution in [2.75, 3.05) is 7.11 Å². The fourth-order valence-electron chi connectivity index (χ4n) is 0.275. The predicted octanol–water partition coefficient (Wildman–Crippen LogP) is -0.0173. The first-order valence-electron chi connectivity index (χ1n) is 2.23. The van der Waals surface area contributed by atoms with Crippen LogP contribution in [0.1, 0.15) is 16.2 Å². The van der Waals surface area contributed by atoms with Crippen LogP contribution >= 0.6 is 0 Å². The third-order valence-electron chi connectivity index (χ3n) is 0.621. The number of Topliss-reactive ketones (excluding diaryl/α,β-unsaturated/α-hetero) is 1. The van der Waals surface area contributed by atoms with E-state index in [0.29, 0.717) is 0 Å². The Balaban J connectivity index is -0.0000000817. The standard InChI is InChI=1S/C5H8O3.Ca.2H/c1-4(6)3-5(7)8-2;;;/h3H2,1-2H3;;;/q;+2;2*-1. The summed E-state index contributed by atoms with van der Waals surface area (Å²) in [7, 11) is 1.26. The molecule has 0 heterocycles. The van der Waals surface area contributed by atoms with Crippen LogP contribution in [0.2, 0.25) is 0 Å². The molecule has 0 N–H and O–H groups in total. The van der Waals surface area contributed by atoms with E-state index in [9.17, 15) is 9.59 Å². The van der Waals surface area contributed by atoms with Crippen molar-refractivity contribution < 1.29 is 17.2 Å². The maximum Gasteiger partial charge on any atom is 2.00 e. The second kappa shape index (κ2) is 6.52. The van der Waals surface area contributed by atoms with E-state index in [4.69, 9.17) is 0 Å². The first-order chi connectivity index (χ1) is 3.66. The van der Waals surface area contributed by atoms with E-state index in [1.165, 1.54) is 14.0 Å². The van der Waals surface area contributed by atoms with Crippen LogP contribution in [0.15, 0.2) is 0 Å². The van der Waals surface area contributed by atoms with Gasteiger partial charge in [0.15, 0.2) is 0 Å². The second-order valence-corrected chi connectivity index (χ2v) is 1.45. The van der Waals surface area contributed by atoms with Crippen LogP contribution in [0, 0.1) is 0 Å². The van der Waals surface area contributed by atoms with Crippen molar-refractivity contribution in [3.8, 4) is 0 Å². The molecule has 0 aliphatic carbocycles. The molecule has 0 aromatic rings. The van der Waals surface area contributed by atoms with Gasteiger partial charge in [0.05, 0.1) is 7.11 Å². The molecule has 0 rings (SSSR count). The molecule has 0 aliphatic heterocycles. The molecule has 0 aromatic heterocycles. The molecule has 3 nitrogen and oxygen atoms in total. The van der Waals surface area contributed by atoms with Gasteiger partial charge in [-0.25, -0.2) is 0 Å². The molecule has 0 saturated carbocycles. The van der Waals surface area contributed by atoms with E-state index in [2.05, 4.69) is 4.74 Å². The van der Waals surface area contributed by atoms with E-state index in [-0.39, 0.29) is 52.8 Å². The van der Waals surface area contributed by atoms with Gasteiger partial charge in [-0.15, -0.1) is 0 Å². The average Bonchev–Trinajstić information content (AvgIpc) is 1.65. The fourth-order valence-corrected chi connectivity index (χ4v) is 0.275. The number of carbonyl (C=O) groups excluding carboxylic acids is 2. The summed E-state index contributed by atoms with van der Waals surface area (Å²) in [6, 6.07) is 0. The molecule has 0 amide bonds. The molecule has 0 aromatic carbocycles. The van der Waals surface area contributed by atoms with Crippen LogP contribution in [0.25, 0.3) is 0 Å². The molecule has 0 aliphatic rings. The maximum absolute atomic E-state index is 10.2. The van der Waals surface area contributed by atoms with E-state index in [0.717, 1.165) is 0 Å². The minimum Gasteiger partial charge on any atom is -1.00 e. The number of hydrogen-bond acceptors (Lipinski definition) is 3. The van der Waals surface area contributed by atoms with Gasteiger partial charge in [-0.2, -0.15) is 0 Å². The Morgan fingerprint density at radius 3 is 2.11 bits per heavy atom. The summed E-state index contributed by atoms with van der Waals surface area (Å²) < 4.78 is 4.20. The molecule has 0 fully saturated rings. The molecule has 0 spiro atoms. The molecule has 9 heavy (non-hydrogen) atoms. The van der Waals surface area contributed by atoms with Crippen LogP contribution < -0.4 is 0 Å². The van der Waals surface area contributed by atoms with Crippen LogP contribution in [0.4, 0.5) is 0 Å². The predicted molar refractivity (Wildman–Crippen MR) is 35.3 cm³/mol. The monoisotopic (exact) mass is 158 g/mol. The van der Waals surface area contributed by atoms with E-state index in [1.807, 2.05) is 0 Å². The normalized spacial score (nSPS) is 7.33. The van der Waals surface area contributed by atoms with Crippen molar-refractivity contribution >= 4 is 49.5 Å². The van der Waals surface area contributed by atoms with Crippen LogP contribution in [-0.4, -0.2) is 56.6 Å². The number of ether oxygens (including phenoxy) is 1.